The number of nitrogens with zero attached hydrogens (tertiary/aromatic N) is 1. The Morgan fingerprint density at radius 2 is 2.04 bits per heavy atom. The Bertz CT molecular complexity index is 598. The van der Waals surface area contributed by atoms with Crippen LogP contribution in [-0.2, 0) is 16.0 Å². The number of amides is 2. The van der Waals surface area contributed by atoms with Gasteiger partial charge in [0.2, 0.25) is 11.8 Å². The third kappa shape index (κ3) is 5.06. The summed E-state index contributed by atoms with van der Waals surface area (Å²) in [6, 6.07) is 0. The van der Waals surface area contributed by atoms with Crippen LogP contribution in [0.25, 0.3) is 0 Å². The van der Waals surface area contributed by atoms with Crippen LogP contribution in [0.1, 0.15) is 56.2 Å². The maximum atomic E-state index is 12.0. The fourth-order valence-corrected chi connectivity index (χ4v) is 4.47. The average molecular weight is 346 g/mol. The topological polar surface area (TPSA) is 86.9 Å². The van der Waals surface area contributed by atoms with Gasteiger partial charge in [-0.2, -0.15) is 5.10 Å². The zero-order valence-electron chi connectivity index (χ0n) is 15.1. The number of nitrogens with one attached hydrogen (secondary N) is 3. The second-order valence-corrected chi connectivity index (χ2v) is 7.71. The molecule has 25 heavy (non-hydrogen) atoms. The number of fused-ring (bicyclic) bond motifs is 2. The van der Waals surface area contributed by atoms with Crippen molar-refractivity contribution in [1.29, 1.82) is 0 Å². The second-order valence-electron chi connectivity index (χ2n) is 7.71. The van der Waals surface area contributed by atoms with Gasteiger partial charge in [-0.25, -0.2) is 0 Å². The van der Waals surface area contributed by atoms with E-state index in [9.17, 15) is 9.59 Å². The molecular formula is C19H30N4O2. The first-order chi connectivity index (χ1) is 12.1. The maximum absolute atomic E-state index is 12.0. The summed E-state index contributed by atoms with van der Waals surface area (Å²) in [7, 11) is 0. The van der Waals surface area contributed by atoms with Gasteiger partial charge in [0.05, 0.1) is 6.20 Å². The summed E-state index contributed by atoms with van der Waals surface area (Å²) < 4.78 is 0. The normalized spacial score (nSPS) is 24.4. The number of carbonyl (C=O) groups excluding carboxylic acids is 2. The van der Waals surface area contributed by atoms with E-state index in [1.165, 1.54) is 31.2 Å². The van der Waals surface area contributed by atoms with E-state index in [1.54, 1.807) is 0 Å². The molecule has 2 bridgehead atoms. The van der Waals surface area contributed by atoms with Gasteiger partial charge in [-0.3, -0.25) is 14.7 Å². The highest BCUT2D eigenvalue weighted by atomic mass is 16.2. The van der Waals surface area contributed by atoms with Crippen LogP contribution in [0.15, 0.2) is 6.20 Å². The first-order valence-electron chi connectivity index (χ1n) is 9.64. The summed E-state index contributed by atoms with van der Waals surface area (Å²) in [5.74, 6) is 2.35. The molecule has 6 nitrogen and oxygen atoms in total. The number of aromatic nitrogens is 2. The Labute approximate surface area is 149 Å². The predicted octanol–water partition coefficient (Wildman–Crippen LogP) is 2.10. The molecule has 3 atom stereocenters. The molecule has 1 aromatic rings. The van der Waals surface area contributed by atoms with Crippen molar-refractivity contribution in [2.75, 3.05) is 13.1 Å². The summed E-state index contributed by atoms with van der Waals surface area (Å²) in [6.45, 7) is 3.09. The molecule has 1 heterocycles. The average Bonchev–Trinajstić information content (AvgIpc) is 3.29. The second kappa shape index (κ2) is 8.50. The minimum atomic E-state index is 0.00383. The zero-order chi connectivity index (χ0) is 17.6. The summed E-state index contributed by atoms with van der Waals surface area (Å²) in [6.07, 6.45) is 9.87. The Kier molecular flexibility index (Phi) is 6.10. The number of rotatable bonds is 9. The lowest BCUT2D eigenvalue weighted by Crippen LogP contribution is -2.32. The molecule has 2 aliphatic rings. The zero-order valence-corrected chi connectivity index (χ0v) is 15.1. The molecule has 1 aromatic heterocycles. The van der Waals surface area contributed by atoms with Crippen molar-refractivity contribution < 1.29 is 9.59 Å². The van der Waals surface area contributed by atoms with Crippen LogP contribution < -0.4 is 10.6 Å². The van der Waals surface area contributed by atoms with E-state index >= 15 is 0 Å². The highest BCUT2D eigenvalue weighted by Crippen LogP contribution is 2.49. The summed E-state index contributed by atoms with van der Waals surface area (Å²) in [5, 5.41) is 12.7. The molecule has 3 N–H and O–H groups in total. The number of hydrogen-bond donors (Lipinski definition) is 3. The highest BCUT2D eigenvalue weighted by molar-refractivity contribution is 5.79. The van der Waals surface area contributed by atoms with Crippen LogP contribution in [-0.4, -0.2) is 35.1 Å². The Hall–Kier alpha value is -1.85. The lowest BCUT2D eigenvalue weighted by molar-refractivity contribution is -0.123. The van der Waals surface area contributed by atoms with E-state index in [0.29, 0.717) is 31.8 Å². The molecule has 3 rings (SSSR count). The van der Waals surface area contributed by atoms with Crippen molar-refractivity contribution >= 4 is 11.8 Å². The number of H-pyrrole nitrogens is 1. The van der Waals surface area contributed by atoms with Gasteiger partial charge in [0.1, 0.15) is 0 Å². The van der Waals surface area contributed by atoms with Crippen LogP contribution in [0.5, 0.6) is 0 Å². The first kappa shape index (κ1) is 18.0. The van der Waals surface area contributed by atoms with E-state index < -0.39 is 0 Å². The lowest BCUT2D eigenvalue weighted by atomic mass is 9.86. The Morgan fingerprint density at radius 3 is 2.72 bits per heavy atom. The van der Waals surface area contributed by atoms with E-state index in [4.69, 9.17) is 0 Å². The molecule has 138 valence electrons. The molecule has 0 unspecified atom stereocenters. The van der Waals surface area contributed by atoms with Crippen LogP contribution in [0.2, 0.25) is 0 Å². The molecule has 0 radical (unpaired) electrons. The fraction of sp³-hybridized carbons (Fsp3) is 0.737. The molecule has 2 saturated carbocycles. The predicted molar refractivity (Wildman–Crippen MR) is 95.8 cm³/mol. The lowest BCUT2D eigenvalue weighted by Gasteiger charge is -2.20. The van der Waals surface area contributed by atoms with Crippen molar-refractivity contribution in [3.63, 3.8) is 0 Å². The van der Waals surface area contributed by atoms with Crippen molar-refractivity contribution in [3.8, 4) is 0 Å². The number of carbonyl (C=O) groups is 2. The summed E-state index contributed by atoms with van der Waals surface area (Å²) in [5.41, 5.74) is 2.28. The van der Waals surface area contributed by atoms with Crippen molar-refractivity contribution in [2.24, 2.45) is 17.8 Å². The first-order valence-corrected chi connectivity index (χ1v) is 9.64. The Morgan fingerprint density at radius 1 is 1.20 bits per heavy atom. The summed E-state index contributed by atoms with van der Waals surface area (Å²) >= 11 is 0. The number of hydrogen-bond acceptors (Lipinski definition) is 3. The van der Waals surface area contributed by atoms with Crippen LogP contribution >= 0.6 is 0 Å². The van der Waals surface area contributed by atoms with E-state index in [2.05, 4.69) is 20.8 Å². The minimum absolute atomic E-state index is 0.00383. The van der Waals surface area contributed by atoms with Crippen molar-refractivity contribution in [3.05, 3.63) is 17.5 Å². The van der Waals surface area contributed by atoms with E-state index in [0.717, 1.165) is 30.4 Å². The molecule has 0 aliphatic heterocycles. The van der Waals surface area contributed by atoms with E-state index in [-0.39, 0.29) is 11.8 Å². The SMILES string of the molecule is Cc1[nH]ncc1CCCNC(=O)CCNC(=O)C[C@@H]1C[C@H]2CC[C@H]1C2. The standard InChI is InChI=1S/C19H30N4O2/c1-13-16(12-22-23-13)3-2-7-20-18(24)6-8-21-19(25)11-17-10-14-4-5-15(17)9-14/h12,14-15,17H,2-11H2,1H3,(H,20,24)(H,21,25)(H,22,23)/t14-,15-,17-/m0/s1. The molecule has 0 spiro atoms. The largest absolute Gasteiger partial charge is 0.356 e. The monoisotopic (exact) mass is 346 g/mol. The molecule has 0 aromatic carbocycles. The minimum Gasteiger partial charge on any atom is -0.356 e. The molecular weight excluding hydrogens is 316 g/mol. The third-order valence-corrected chi connectivity index (χ3v) is 5.89. The number of aryl methyl sites for hydroxylation is 2. The number of aromatic amines is 1. The van der Waals surface area contributed by atoms with Gasteiger partial charge >= 0.3 is 0 Å². The van der Waals surface area contributed by atoms with Gasteiger partial charge in [0.15, 0.2) is 0 Å². The van der Waals surface area contributed by atoms with Crippen molar-refractivity contribution in [2.45, 2.75) is 58.3 Å². The van der Waals surface area contributed by atoms with Gasteiger partial charge in [-0.05, 0) is 62.3 Å². The Balaban J connectivity index is 1.22. The van der Waals surface area contributed by atoms with Gasteiger partial charge in [0, 0.05) is 31.6 Å². The van der Waals surface area contributed by atoms with Crippen LogP contribution in [0.3, 0.4) is 0 Å². The highest BCUT2D eigenvalue weighted by Gasteiger charge is 2.39. The van der Waals surface area contributed by atoms with E-state index in [1.807, 2.05) is 13.1 Å². The third-order valence-electron chi connectivity index (χ3n) is 5.89. The smallest absolute Gasteiger partial charge is 0.221 e. The molecule has 2 amide bonds. The van der Waals surface area contributed by atoms with Crippen LogP contribution in [0.4, 0.5) is 0 Å². The maximum Gasteiger partial charge on any atom is 0.221 e. The van der Waals surface area contributed by atoms with Gasteiger partial charge in [-0.15, -0.1) is 0 Å². The molecule has 2 fully saturated rings. The van der Waals surface area contributed by atoms with Crippen molar-refractivity contribution in [1.82, 2.24) is 20.8 Å². The van der Waals surface area contributed by atoms with Gasteiger partial charge < -0.3 is 10.6 Å². The molecule has 0 saturated heterocycles. The quantitative estimate of drug-likeness (QED) is 0.599. The fourth-order valence-electron chi connectivity index (χ4n) is 4.47. The van der Waals surface area contributed by atoms with Crippen LogP contribution in [0, 0.1) is 24.7 Å². The molecule has 2 aliphatic carbocycles. The van der Waals surface area contributed by atoms with Gasteiger partial charge in [0.25, 0.3) is 0 Å². The summed E-state index contributed by atoms with van der Waals surface area (Å²) in [4.78, 5) is 23.8. The van der Waals surface area contributed by atoms with Gasteiger partial charge in [-0.1, -0.05) is 6.42 Å². The molecule has 6 heteroatoms.